The first-order valence-electron chi connectivity index (χ1n) is 9.65. The first-order chi connectivity index (χ1) is 13.6. The second-order valence-corrected chi connectivity index (χ2v) is 8.47. The molecule has 6 nitrogen and oxygen atoms in total. The summed E-state index contributed by atoms with van der Waals surface area (Å²) >= 11 is 1.84. The van der Waals surface area contributed by atoms with Gasteiger partial charge in [0, 0.05) is 32.1 Å². The van der Waals surface area contributed by atoms with E-state index in [9.17, 15) is 4.79 Å². The second-order valence-electron chi connectivity index (χ2n) is 7.49. The highest BCUT2D eigenvalue weighted by Gasteiger charge is 2.45. The van der Waals surface area contributed by atoms with Crippen molar-refractivity contribution < 1.29 is 0 Å². The van der Waals surface area contributed by atoms with Gasteiger partial charge < -0.3 is 4.90 Å². The number of aryl methyl sites for hydroxylation is 2. The molecule has 2 aliphatic heterocycles. The molecule has 3 atom stereocenters. The molecule has 1 fully saturated rings. The zero-order valence-corrected chi connectivity index (χ0v) is 17.1. The van der Waals surface area contributed by atoms with Gasteiger partial charge in [-0.2, -0.15) is 0 Å². The average Bonchev–Trinajstić information content (AvgIpc) is 3.36. The number of imidazole rings is 1. The lowest BCUT2D eigenvalue weighted by Gasteiger charge is -2.32. The van der Waals surface area contributed by atoms with Gasteiger partial charge in [0.15, 0.2) is 5.17 Å². The van der Waals surface area contributed by atoms with Crippen LogP contribution in [0.3, 0.4) is 0 Å². The van der Waals surface area contributed by atoms with Crippen molar-refractivity contribution in [3.8, 4) is 0 Å². The van der Waals surface area contributed by atoms with E-state index in [0.717, 1.165) is 34.1 Å². The summed E-state index contributed by atoms with van der Waals surface area (Å²) in [5.41, 5.74) is 4.08. The number of hydrogen-bond donors (Lipinski definition) is 0. The van der Waals surface area contributed by atoms with Crippen LogP contribution in [0.2, 0.25) is 0 Å². The van der Waals surface area contributed by atoms with Crippen molar-refractivity contribution in [1.29, 1.82) is 0 Å². The summed E-state index contributed by atoms with van der Waals surface area (Å²) in [5.74, 6) is 1.08. The van der Waals surface area contributed by atoms with Gasteiger partial charge >= 0.3 is 5.69 Å². The van der Waals surface area contributed by atoms with Crippen molar-refractivity contribution in [2.24, 2.45) is 19.1 Å². The highest BCUT2D eigenvalue weighted by molar-refractivity contribution is 8.14. The third-order valence-electron chi connectivity index (χ3n) is 5.97. The van der Waals surface area contributed by atoms with Crippen molar-refractivity contribution in [3.05, 3.63) is 64.3 Å². The standard InChI is InChI=1S/C21H23N5OS/c1-4-14-12-28-20-23-18(15-7-5-6-10-22-15)19(26(14)20)13-8-9-16-17(11-13)25(3)21(27)24(16)2/h5-11,14,18-19H,4,12H2,1-3H3. The molecule has 3 aromatic rings. The first kappa shape index (κ1) is 17.6. The van der Waals surface area contributed by atoms with Crippen LogP contribution in [0.15, 0.2) is 52.4 Å². The Morgan fingerprint density at radius 1 is 1.14 bits per heavy atom. The van der Waals surface area contributed by atoms with Crippen molar-refractivity contribution in [2.75, 3.05) is 5.75 Å². The van der Waals surface area contributed by atoms with E-state index in [1.807, 2.05) is 44.2 Å². The van der Waals surface area contributed by atoms with Crippen LogP contribution in [0.25, 0.3) is 11.0 Å². The molecule has 28 heavy (non-hydrogen) atoms. The zero-order valence-electron chi connectivity index (χ0n) is 16.2. The first-order valence-corrected chi connectivity index (χ1v) is 10.6. The third kappa shape index (κ3) is 2.45. The topological polar surface area (TPSA) is 55.4 Å². The van der Waals surface area contributed by atoms with Crippen LogP contribution in [-0.4, -0.2) is 36.0 Å². The van der Waals surface area contributed by atoms with Gasteiger partial charge in [-0.25, -0.2) is 4.79 Å². The summed E-state index contributed by atoms with van der Waals surface area (Å²) in [6.07, 6.45) is 2.92. The highest BCUT2D eigenvalue weighted by Crippen LogP contribution is 2.48. The van der Waals surface area contributed by atoms with Crippen LogP contribution in [0.4, 0.5) is 0 Å². The number of thioether (sulfide) groups is 1. The van der Waals surface area contributed by atoms with E-state index in [1.165, 1.54) is 5.56 Å². The van der Waals surface area contributed by atoms with Crippen LogP contribution in [0, 0.1) is 0 Å². The maximum Gasteiger partial charge on any atom is 0.328 e. The minimum Gasteiger partial charge on any atom is -0.338 e. The summed E-state index contributed by atoms with van der Waals surface area (Å²) in [6.45, 7) is 2.24. The summed E-state index contributed by atoms with van der Waals surface area (Å²) in [6, 6.07) is 12.9. The molecule has 7 heteroatoms. The maximum absolute atomic E-state index is 12.4. The monoisotopic (exact) mass is 393 g/mol. The SMILES string of the molecule is CCC1CSC2=NC(c3ccccn3)C(c3ccc4c(c3)n(C)c(=O)n4C)N21. The van der Waals surface area contributed by atoms with Crippen LogP contribution >= 0.6 is 11.8 Å². The van der Waals surface area contributed by atoms with E-state index in [0.29, 0.717) is 6.04 Å². The van der Waals surface area contributed by atoms with Crippen molar-refractivity contribution in [3.63, 3.8) is 0 Å². The number of benzene rings is 1. The predicted molar refractivity (Wildman–Crippen MR) is 114 cm³/mol. The molecule has 0 aliphatic carbocycles. The van der Waals surface area contributed by atoms with Gasteiger partial charge in [0.1, 0.15) is 6.04 Å². The van der Waals surface area contributed by atoms with Crippen LogP contribution in [-0.2, 0) is 14.1 Å². The molecule has 0 N–H and O–H groups in total. The molecule has 4 heterocycles. The minimum absolute atomic E-state index is 0.0000465. The number of fused-ring (bicyclic) bond motifs is 2. The Balaban J connectivity index is 1.67. The summed E-state index contributed by atoms with van der Waals surface area (Å²) < 4.78 is 3.42. The van der Waals surface area contributed by atoms with Crippen LogP contribution in [0.1, 0.15) is 36.7 Å². The van der Waals surface area contributed by atoms with E-state index >= 15 is 0 Å². The van der Waals surface area contributed by atoms with Crippen molar-refractivity contribution >= 4 is 28.0 Å². The largest absolute Gasteiger partial charge is 0.338 e. The molecular formula is C21H23N5OS. The number of rotatable bonds is 3. The number of hydrogen-bond acceptors (Lipinski definition) is 5. The Morgan fingerprint density at radius 3 is 2.71 bits per heavy atom. The Morgan fingerprint density at radius 2 is 1.96 bits per heavy atom. The number of amidine groups is 1. The van der Waals surface area contributed by atoms with E-state index in [-0.39, 0.29) is 17.8 Å². The van der Waals surface area contributed by atoms with Crippen molar-refractivity contribution in [2.45, 2.75) is 31.5 Å². The number of aliphatic imine (C=N–C) groups is 1. The number of pyridine rings is 1. The number of nitrogens with zero attached hydrogens (tertiary/aromatic N) is 5. The van der Waals surface area contributed by atoms with Gasteiger partial charge in [0.05, 0.1) is 22.8 Å². The zero-order chi connectivity index (χ0) is 19.4. The molecule has 2 aromatic heterocycles. The van der Waals surface area contributed by atoms with Crippen LogP contribution < -0.4 is 5.69 Å². The van der Waals surface area contributed by atoms with E-state index < -0.39 is 0 Å². The molecule has 1 aromatic carbocycles. The van der Waals surface area contributed by atoms with Gasteiger partial charge in [0.2, 0.25) is 0 Å². The molecule has 0 bridgehead atoms. The predicted octanol–water partition coefficient (Wildman–Crippen LogP) is 3.25. The fourth-order valence-electron chi connectivity index (χ4n) is 4.42. The molecule has 3 unspecified atom stereocenters. The summed E-state index contributed by atoms with van der Waals surface area (Å²) in [4.78, 5) is 24.5. The lowest BCUT2D eigenvalue weighted by Crippen LogP contribution is -2.35. The van der Waals surface area contributed by atoms with Crippen molar-refractivity contribution in [1.82, 2.24) is 19.0 Å². The van der Waals surface area contributed by atoms with Gasteiger partial charge in [-0.05, 0) is 36.2 Å². The number of aromatic nitrogens is 3. The summed E-state index contributed by atoms with van der Waals surface area (Å²) in [5, 5.41) is 1.12. The normalized spacial score (nSPS) is 24.0. The molecule has 0 radical (unpaired) electrons. The molecule has 1 saturated heterocycles. The maximum atomic E-state index is 12.4. The van der Waals surface area contributed by atoms with E-state index in [4.69, 9.17) is 4.99 Å². The fourth-order valence-corrected chi connectivity index (χ4v) is 5.76. The molecular weight excluding hydrogens is 370 g/mol. The van der Waals surface area contributed by atoms with E-state index in [1.54, 1.807) is 9.13 Å². The Bertz CT molecular complexity index is 1130. The van der Waals surface area contributed by atoms with Crippen LogP contribution in [0.5, 0.6) is 0 Å². The Hall–Kier alpha value is -2.54. The third-order valence-corrected chi connectivity index (χ3v) is 7.09. The fraction of sp³-hybridized carbons (Fsp3) is 0.381. The molecule has 0 spiro atoms. The smallest absolute Gasteiger partial charge is 0.328 e. The molecule has 144 valence electrons. The van der Waals surface area contributed by atoms with Gasteiger partial charge in [-0.3, -0.25) is 19.1 Å². The van der Waals surface area contributed by atoms with Gasteiger partial charge in [-0.15, -0.1) is 0 Å². The summed E-state index contributed by atoms with van der Waals surface area (Å²) in [7, 11) is 3.66. The second kappa shape index (κ2) is 6.51. The minimum atomic E-state index is -0.0313. The lowest BCUT2D eigenvalue weighted by molar-refractivity contribution is 0.255. The average molecular weight is 394 g/mol. The Kier molecular flexibility index (Phi) is 4.08. The quantitative estimate of drug-likeness (QED) is 0.685. The van der Waals surface area contributed by atoms with E-state index in [2.05, 4.69) is 41.1 Å². The van der Waals surface area contributed by atoms with Gasteiger partial charge in [0.25, 0.3) is 0 Å². The molecule has 0 saturated carbocycles. The van der Waals surface area contributed by atoms with Gasteiger partial charge in [-0.1, -0.05) is 30.8 Å². The molecule has 2 aliphatic rings. The highest BCUT2D eigenvalue weighted by atomic mass is 32.2. The molecule has 0 amide bonds. The lowest BCUT2D eigenvalue weighted by atomic mass is 9.95. The molecule has 5 rings (SSSR count). The Labute approximate surface area is 167 Å².